The van der Waals surface area contributed by atoms with Crippen LogP contribution in [0.15, 0.2) is 30.3 Å². The van der Waals surface area contributed by atoms with Crippen LogP contribution in [0.2, 0.25) is 0 Å². The lowest BCUT2D eigenvalue weighted by molar-refractivity contribution is -0.121. The van der Waals surface area contributed by atoms with Gasteiger partial charge in [-0.25, -0.2) is 0 Å². The minimum Gasteiger partial charge on any atom is -0.349 e. The van der Waals surface area contributed by atoms with Crippen LogP contribution in [0.25, 0.3) is 0 Å². The molecular weight excluding hydrogens is 310 g/mol. The number of nitrogens with zero attached hydrogens (tertiary/aromatic N) is 2. The van der Waals surface area contributed by atoms with Gasteiger partial charge in [-0.2, -0.15) is 5.10 Å². The number of hydrogen-bond acceptors (Lipinski definition) is 2. The van der Waals surface area contributed by atoms with Crippen molar-refractivity contribution in [2.45, 2.75) is 65.3 Å². The average molecular weight is 341 g/mol. The maximum Gasteiger partial charge on any atom is 0.220 e. The zero-order chi connectivity index (χ0) is 18.2. The zero-order valence-corrected chi connectivity index (χ0v) is 16.0. The van der Waals surface area contributed by atoms with Crippen LogP contribution in [0, 0.1) is 13.8 Å². The molecule has 4 heteroatoms. The molecule has 4 nitrogen and oxygen atoms in total. The second-order valence-electron chi connectivity index (χ2n) is 6.80. The smallest absolute Gasteiger partial charge is 0.220 e. The third-order valence-electron chi connectivity index (χ3n) is 4.89. The minimum absolute atomic E-state index is 0.108. The highest BCUT2D eigenvalue weighted by Gasteiger charge is 2.16. The first-order valence-electron chi connectivity index (χ1n) is 9.36. The van der Waals surface area contributed by atoms with Crippen molar-refractivity contribution >= 4 is 5.91 Å². The number of unbranched alkanes of at least 4 members (excludes halogenated alkanes) is 2. The largest absolute Gasteiger partial charge is 0.349 e. The fraction of sp³-hybridized carbons (Fsp3) is 0.524. The summed E-state index contributed by atoms with van der Waals surface area (Å²) in [6.07, 6.45) is 5.77. The highest BCUT2D eigenvalue weighted by molar-refractivity contribution is 5.76. The van der Waals surface area contributed by atoms with E-state index in [4.69, 9.17) is 0 Å². The molecule has 1 atom stereocenters. The van der Waals surface area contributed by atoms with Crippen LogP contribution in [0.3, 0.4) is 0 Å². The predicted molar refractivity (Wildman–Crippen MR) is 102 cm³/mol. The quantitative estimate of drug-likeness (QED) is 0.687. The minimum atomic E-state index is 0.108. The number of aromatic nitrogens is 2. The van der Waals surface area contributed by atoms with Gasteiger partial charge in [0.2, 0.25) is 5.91 Å². The number of carbonyl (C=O) groups excluding carboxylic acids is 1. The van der Waals surface area contributed by atoms with E-state index in [2.05, 4.69) is 36.4 Å². The fourth-order valence-electron chi connectivity index (χ4n) is 3.29. The van der Waals surface area contributed by atoms with Gasteiger partial charge in [0.05, 0.1) is 11.7 Å². The Labute approximate surface area is 151 Å². The van der Waals surface area contributed by atoms with E-state index in [1.165, 1.54) is 24.0 Å². The second kappa shape index (κ2) is 9.40. The van der Waals surface area contributed by atoms with Crippen molar-refractivity contribution in [2.24, 2.45) is 7.05 Å². The first kappa shape index (κ1) is 19.2. The van der Waals surface area contributed by atoms with E-state index in [9.17, 15) is 4.79 Å². The molecule has 1 aromatic heterocycles. The van der Waals surface area contributed by atoms with Crippen molar-refractivity contribution in [1.82, 2.24) is 15.1 Å². The van der Waals surface area contributed by atoms with E-state index < -0.39 is 0 Å². The molecule has 0 aliphatic rings. The van der Waals surface area contributed by atoms with E-state index in [1.54, 1.807) is 0 Å². The summed E-state index contributed by atoms with van der Waals surface area (Å²) < 4.78 is 1.89. The molecule has 0 bridgehead atoms. The molecule has 1 amide bonds. The number of carbonyl (C=O) groups is 1. The molecule has 0 radical (unpaired) electrons. The summed E-state index contributed by atoms with van der Waals surface area (Å²) in [5, 5.41) is 7.67. The van der Waals surface area contributed by atoms with Crippen molar-refractivity contribution in [2.75, 3.05) is 0 Å². The molecule has 2 aromatic rings. The third kappa shape index (κ3) is 5.45. The number of aryl methyl sites for hydroxylation is 2. The normalized spacial score (nSPS) is 12.2. The molecule has 1 heterocycles. The van der Waals surface area contributed by atoms with E-state index in [-0.39, 0.29) is 11.9 Å². The van der Waals surface area contributed by atoms with Crippen molar-refractivity contribution in [3.63, 3.8) is 0 Å². The Balaban J connectivity index is 1.96. The molecule has 1 aromatic carbocycles. The number of benzene rings is 1. The summed E-state index contributed by atoms with van der Waals surface area (Å²) in [6, 6.07) is 10.4. The molecule has 1 N–H and O–H groups in total. The molecular formula is C21H31N3O. The number of amides is 1. The second-order valence-corrected chi connectivity index (χ2v) is 6.80. The Hall–Kier alpha value is -2.10. The van der Waals surface area contributed by atoms with Gasteiger partial charge < -0.3 is 5.32 Å². The maximum atomic E-state index is 12.5. The molecule has 0 fully saturated rings. The first-order valence-corrected chi connectivity index (χ1v) is 9.36. The lowest BCUT2D eigenvalue weighted by Gasteiger charge is -2.19. The molecule has 136 valence electrons. The maximum absolute atomic E-state index is 12.5. The van der Waals surface area contributed by atoms with Gasteiger partial charge in [-0.1, -0.05) is 56.5 Å². The summed E-state index contributed by atoms with van der Waals surface area (Å²) >= 11 is 0. The highest BCUT2D eigenvalue weighted by Crippen LogP contribution is 2.20. The lowest BCUT2D eigenvalue weighted by Crippen LogP contribution is -2.28. The van der Waals surface area contributed by atoms with Crippen LogP contribution >= 0.6 is 0 Å². The standard InChI is InChI=1S/C21H31N3O/c1-5-6-8-13-20(18-11-9-7-10-12-18)22-21(25)15-14-19-16(2)23-24(4)17(19)3/h7,9-12,20H,5-6,8,13-15H2,1-4H3,(H,22,25). The molecule has 2 rings (SSSR count). The van der Waals surface area contributed by atoms with Gasteiger partial charge in [-0.05, 0) is 37.8 Å². The lowest BCUT2D eigenvalue weighted by atomic mass is 10.00. The summed E-state index contributed by atoms with van der Waals surface area (Å²) in [7, 11) is 1.95. The number of rotatable bonds is 9. The van der Waals surface area contributed by atoms with Crippen LogP contribution in [0.4, 0.5) is 0 Å². The van der Waals surface area contributed by atoms with Crippen molar-refractivity contribution in [3.05, 3.63) is 52.8 Å². The van der Waals surface area contributed by atoms with Crippen LogP contribution in [0.1, 0.15) is 67.6 Å². The van der Waals surface area contributed by atoms with Crippen LogP contribution in [-0.2, 0) is 18.3 Å². The van der Waals surface area contributed by atoms with Gasteiger partial charge in [0.15, 0.2) is 0 Å². The summed E-state index contributed by atoms with van der Waals surface area (Å²) in [6.45, 7) is 6.27. The molecule has 0 aliphatic heterocycles. The topological polar surface area (TPSA) is 46.9 Å². The van der Waals surface area contributed by atoms with Crippen LogP contribution in [-0.4, -0.2) is 15.7 Å². The van der Waals surface area contributed by atoms with Crippen molar-refractivity contribution in [3.8, 4) is 0 Å². The third-order valence-corrected chi connectivity index (χ3v) is 4.89. The number of nitrogens with one attached hydrogen (secondary N) is 1. The molecule has 1 unspecified atom stereocenters. The Morgan fingerprint density at radius 1 is 1.20 bits per heavy atom. The van der Waals surface area contributed by atoms with Crippen molar-refractivity contribution < 1.29 is 4.79 Å². The van der Waals surface area contributed by atoms with Gasteiger partial charge in [0.25, 0.3) is 0 Å². The van der Waals surface area contributed by atoms with E-state index in [0.29, 0.717) is 6.42 Å². The summed E-state index contributed by atoms with van der Waals surface area (Å²) in [5.74, 6) is 0.119. The van der Waals surface area contributed by atoms with Gasteiger partial charge in [0.1, 0.15) is 0 Å². The molecule has 0 aliphatic carbocycles. The number of hydrogen-bond donors (Lipinski definition) is 1. The van der Waals surface area contributed by atoms with E-state index in [0.717, 1.165) is 30.7 Å². The molecule has 0 saturated carbocycles. The summed E-state index contributed by atoms with van der Waals surface area (Å²) in [5.41, 5.74) is 4.56. The first-order chi connectivity index (χ1) is 12.0. The van der Waals surface area contributed by atoms with E-state index >= 15 is 0 Å². The zero-order valence-electron chi connectivity index (χ0n) is 16.0. The molecule has 0 saturated heterocycles. The van der Waals surface area contributed by atoms with Crippen LogP contribution < -0.4 is 5.32 Å². The molecule has 0 spiro atoms. The van der Waals surface area contributed by atoms with Crippen molar-refractivity contribution in [1.29, 1.82) is 0 Å². The fourth-order valence-corrected chi connectivity index (χ4v) is 3.29. The Morgan fingerprint density at radius 2 is 1.92 bits per heavy atom. The Morgan fingerprint density at radius 3 is 2.52 bits per heavy atom. The van der Waals surface area contributed by atoms with Crippen LogP contribution in [0.5, 0.6) is 0 Å². The predicted octanol–water partition coefficient (Wildman–Crippen LogP) is 4.41. The summed E-state index contributed by atoms with van der Waals surface area (Å²) in [4.78, 5) is 12.5. The van der Waals surface area contributed by atoms with Gasteiger partial charge >= 0.3 is 0 Å². The SMILES string of the molecule is CCCCCC(NC(=O)CCc1c(C)nn(C)c1C)c1ccccc1. The average Bonchev–Trinajstić information content (AvgIpc) is 2.85. The monoisotopic (exact) mass is 341 g/mol. The van der Waals surface area contributed by atoms with Gasteiger partial charge in [0, 0.05) is 19.2 Å². The van der Waals surface area contributed by atoms with E-state index in [1.807, 2.05) is 36.9 Å². The molecule has 25 heavy (non-hydrogen) atoms. The Kier molecular flexibility index (Phi) is 7.23. The van der Waals surface area contributed by atoms with Gasteiger partial charge in [-0.3, -0.25) is 9.48 Å². The highest BCUT2D eigenvalue weighted by atomic mass is 16.1. The van der Waals surface area contributed by atoms with Gasteiger partial charge in [-0.15, -0.1) is 0 Å². The Bertz CT molecular complexity index is 676.